The molecule has 1 aliphatic rings. The molecule has 0 saturated carbocycles. The fourth-order valence-corrected chi connectivity index (χ4v) is 3.86. The number of guanidine groups is 1. The Balaban J connectivity index is 0.00000225. The lowest BCUT2D eigenvalue weighted by Crippen LogP contribution is -2.39. The van der Waals surface area contributed by atoms with Crippen molar-refractivity contribution in [2.24, 2.45) is 4.99 Å². The molecule has 9 heteroatoms. The van der Waals surface area contributed by atoms with Crippen LogP contribution in [0, 0.1) is 0 Å². The Bertz CT molecular complexity index is 705. The van der Waals surface area contributed by atoms with Gasteiger partial charge in [0, 0.05) is 29.4 Å². The molecule has 2 aromatic rings. The molecule has 0 bridgehead atoms. The number of aliphatic imine (C=N–C) groups is 1. The second-order valence-electron chi connectivity index (χ2n) is 5.46. The summed E-state index contributed by atoms with van der Waals surface area (Å²) in [5.74, 6) is 3.03. The topological polar surface area (TPSA) is 75.3 Å². The van der Waals surface area contributed by atoms with Crippen LogP contribution in [0.3, 0.4) is 0 Å². The maximum absolute atomic E-state index is 5.99. The molecular weight excluding hydrogens is 473 g/mol. The van der Waals surface area contributed by atoms with E-state index in [1.165, 1.54) is 18.6 Å². The zero-order valence-corrected chi connectivity index (χ0v) is 17.8. The third-order valence-corrected chi connectivity index (χ3v) is 5.34. The van der Waals surface area contributed by atoms with Gasteiger partial charge in [-0.15, -0.1) is 24.0 Å². The highest BCUT2D eigenvalue weighted by molar-refractivity contribution is 14.0. The number of hydrogen-bond donors (Lipinski definition) is 2. The minimum absolute atomic E-state index is 0. The fraction of sp³-hybridized carbons (Fsp3) is 0.438. The first kappa shape index (κ1) is 20.3. The summed E-state index contributed by atoms with van der Waals surface area (Å²) in [6.45, 7) is 1.34. The molecule has 0 radical (unpaired) electrons. The second kappa shape index (κ2) is 10.2. The van der Waals surface area contributed by atoms with Crippen LogP contribution in [0.1, 0.15) is 18.7 Å². The van der Waals surface area contributed by atoms with E-state index in [4.69, 9.17) is 16.1 Å². The van der Waals surface area contributed by atoms with Crippen molar-refractivity contribution in [2.45, 2.75) is 24.6 Å². The molecule has 1 aromatic heterocycles. The molecule has 25 heavy (non-hydrogen) atoms. The molecule has 1 saturated heterocycles. The van der Waals surface area contributed by atoms with Gasteiger partial charge in [0.1, 0.15) is 0 Å². The average molecular weight is 494 g/mol. The Morgan fingerprint density at radius 1 is 1.44 bits per heavy atom. The van der Waals surface area contributed by atoms with E-state index in [-0.39, 0.29) is 24.0 Å². The standard InChI is InChI=1S/C16H20ClN5OS.HI/c1-18-16(19-9-13-6-3-7-24-13)20-10-14-21-15(22-23-14)11-4-2-5-12(17)8-11;/h2,4-5,8,13H,3,6-7,9-10H2,1H3,(H2,18,19,20);1H. The number of benzene rings is 1. The monoisotopic (exact) mass is 493 g/mol. The highest BCUT2D eigenvalue weighted by atomic mass is 127. The number of thioether (sulfide) groups is 1. The molecule has 1 aliphatic heterocycles. The highest BCUT2D eigenvalue weighted by Gasteiger charge is 2.16. The molecule has 3 rings (SSSR count). The molecule has 1 atom stereocenters. The Kier molecular flexibility index (Phi) is 8.31. The van der Waals surface area contributed by atoms with Crippen LogP contribution in [0.25, 0.3) is 11.4 Å². The first-order chi connectivity index (χ1) is 11.7. The van der Waals surface area contributed by atoms with E-state index in [0.717, 1.165) is 18.1 Å². The molecule has 1 unspecified atom stereocenters. The maximum Gasteiger partial charge on any atom is 0.246 e. The van der Waals surface area contributed by atoms with Crippen LogP contribution in [-0.2, 0) is 6.54 Å². The lowest BCUT2D eigenvalue weighted by Gasteiger charge is -2.13. The smallest absolute Gasteiger partial charge is 0.246 e. The van der Waals surface area contributed by atoms with Gasteiger partial charge in [0.25, 0.3) is 0 Å². The first-order valence-corrected chi connectivity index (χ1v) is 9.32. The summed E-state index contributed by atoms with van der Waals surface area (Å²) in [4.78, 5) is 8.60. The fourth-order valence-electron chi connectivity index (χ4n) is 2.47. The third-order valence-electron chi connectivity index (χ3n) is 3.70. The largest absolute Gasteiger partial charge is 0.355 e. The number of nitrogens with one attached hydrogen (secondary N) is 2. The maximum atomic E-state index is 5.99. The van der Waals surface area contributed by atoms with Crippen molar-refractivity contribution in [3.8, 4) is 11.4 Å². The van der Waals surface area contributed by atoms with Gasteiger partial charge in [0.2, 0.25) is 11.7 Å². The van der Waals surface area contributed by atoms with E-state index in [2.05, 4.69) is 25.8 Å². The molecule has 136 valence electrons. The number of rotatable bonds is 5. The van der Waals surface area contributed by atoms with Gasteiger partial charge in [-0.3, -0.25) is 4.99 Å². The Labute approximate surface area is 173 Å². The summed E-state index contributed by atoms with van der Waals surface area (Å²) < 4.78 is 5.28. The van der Waals surface area contributed by atoms with Gasteiger partial charge >= 0.3 is 0 Å². The predicted molar refractivity (Wildman–Crippen MR) is 114 cm³/mol. The van der Waals surface area contributed by atoms with Gasteiger partial charge in [-0.05, 0) is 30.7 Å². The average Bonchev–Trinajstić information content (AvgIpc) is 3.27. The zero-order chi connectivity index (χ0) is 16.8. The van der Waals surface area contributed by atoms with Crippen molar-refractivity contribution in [2.75, 3.05) is 19.3 Å². The Morgan fingerprint density at radius 2 is 2.32 bits per heavy atom. The number of hydrogen-bond acceptors (Lipinski definition) is 5. The van der Waals surface area contributed by atoms with Crippen molar-refractivity contribution < 1.29 is 4.52 Å². The minimum atomic E-state index is 0. The first-order valence-electron chi connectivity index (χ1n) is 7.89. The van der Waals surface area contributed by atoms with Gasteiger partial charge in [0.05, 0.1) is 6.54 Å². The van der Waals surface area contributed by atoms with Gasteiger partial charge in [-0.2, -0.15) is 16.7 Å². The van der Waals surface area contributed by atoms with Gasteiger partial charge in [-0.25, -0.2) is 0 Å². The number of halogens is 2. The quantitative estimate of drug-likeness (QED) is 0.377. The van der Waals surface area contributed by atoms with Crippen LogP contribution in [-0.4, -0.2) is 40.7 Å². The van der Waals surface area contributed by atoms with E-state index < -0.39 is 0 Å². The normalized spacial score (nSPS) is 17.2. The molecule has 6 nitrogen and oxygen atoms in total. The van der Waals surface area contributed by atoms with E-state index >= 15 is 0 Å². The number of nitrogens with zero attached hydrogens (tertiary/aromatic N) is 3. The molecule has 1 fully saturated rings. The lowest BCUT2D eigenvalue weighted by atomic mass is 10.2. The Morgan fingerprint density at radius 3 is 3.04 bits per heavy atom. The van der Waals surface area contributed by atoms with Crippen molar-refractivity contribution in [3.63, 3.8) is 0 Å². The van der Waals surface area contributed by atoms with Crippen LogP contribution >= 0.6 is 47.3 Å². The van der Waals surface area contributed by atoms with Gasteiger partial charge in [0.15, 0.2) is 5.96 Å². The van der Waals surface area contributed by atoms with Crippen LogP contribution in [0.2, 0.25) is 5.02 Å². The van der Waals surface area contributed by atoms with Crippen LogP contribution in [0.15, 0.2) is 33.8 Å². The van der Waals surface area contributed by atoms with Crippen LogP contribution < -0.4 is 10.6 Å². The van der Waals surface area contributed by atoms with Gasteiger partial charge < -0.3 is 15.2 Å². The molecule has 0 amide bonds. The molecule has 0 aliphatic carbocycles. The summed E-state index contributed by atoms with van der Waals surface area (Å²) >= 11 is 8.00. The van der Waals surface area contributed by atoms with Crippen molar-refractivity contribution in [1.29, 1.82) is 0 Å². The second-order valence-corrected chi connectivity index (χ2v) is 7.31. The molecule has 1 aromatic carbocycles. The van der Waals surface area contributed by atoms with Gasteiger partial charge in [-0.1, -0.05) is 28.9 Å². The predicted octanol–water partition coefficient (Wildman–Crippen LogP) is 3.57. The van der Waals surface area contributed by atoms with Crippen molar-refractivity contribution >= 4 is 53.3 Å². The molecule has 0 spiro atoms. The SMILES string of the molecule is CN=C(NCc1nc(-c2cccc(Cl)c2)no1)NCC1CCCS1.I. The van der Waals surface area contributed by atoms with Crippen molar-refractivity contribution in [1.82, 2.24) is 20.8 Å². The van der Waals surface area contributed by atoms with Crippen LogP contribution in [0.5, 0.6) is 0 Å². The summed E-state index contributed by atoms with van der Waals surface area (Å²) in [6.07, 6.45) is 2.57. The number of aromatic nitrogens is 2. The van der Waals surface area contributed by atoms with E-state index in [9.17, 15) is 0 Å². The highest BCUT2D eigenvalue weighted by Crippen LogP contribution is 2.25. The zero-order valence-electron chi connectivity index (χ0n) is 13.9. The van der Waals surface area contributed by atoms with E-state index in [0.29, 0.717) is 28.5 Å². The minimum Gasteiger partial charge on any atom is -0.355 e. The lowest BCUT2D eigenvalue weighted by molar-refractivity contribution is 0.375. The summed E-state index contributed by atoms with van der Waals surface area (Å²) in [5, 5.41) is 11.8. The molecular formula is C16H21ClIN5OS. The summed E-state index contributed by atoms with van der Waals surface area (Å²) in [5.41, 5.74) is 0.832. The third kappa shape index (κ3) is 6.03. The summed E-state index contributed by atoms with van der Waals surface area (Å²) in [6, 6.07) is 7.38. The van der Waals surface area contributed by atoms with Crippen molar-refractivity contribution in [3.05, 3.63) is 35.2 Å². The molecule has 2 heterocycles. The van der Waals surface area contributed by atoms with E-state index in [1.54, 1.807) is 7.05 Å². The van der Waals surface area contributed by atoms with E-state index in [1.807, 2.05) is 36.0 Å². The van der Waals surface area contributed by atoms with Crippen LogP contribution in [0.4, 0.5) is 0 Å². The molecule has 2 N–H and O–H groups in total. The Hall–Kier alpha value is -1.000. The summed E-state index contributed by atoms with van der Waals surface area (Å²) in [7, 11) is 1.75.